The molecule has 1 amide bonds. The Bertz CT molecular complexity index is 1010. The summed E-state index contributed by atoms with van der Waals surface area (Å²) >= 11 is 1.55. The van der Waals surface area contributed by atoms with Gasteiger partial charge in [-0.3, -0.25) is 4.79 Å². The van der Waals surface area contributed by atoms with Gasteiger partial charge in [0.25, 0.3) is 0 Å². The predicted molar refractivity (Wildman–Crippen MR) is 113 cm³/mol. The molecule has 0 saturated heterocycles. The molecule has 2 aromatic rings. The minimum atomic E-state index is -3.76. The van der Waals surface area contributed by atoms with Gasteiger partial charge in [-0.05, 0) is 42.8 Å². The second kappa shape index (κ2) is 9.06. The molecule has 2 N–H and O–H groups in total. The minimum Gasteiger partial charge on any atom is -0.493 e. The normalized spacial score (nSPS) is 16.5. The molecule has 0 aliphatic carbocycles. The maximum absolute atomic E-state index is 12.8. The average Bonchev–Trinajstić information content (AvgIpc) is 2.82. The summed E-state index contributed by atoms with van der Waals surface area (Å²) < 4.78 is 38.9. The second-order valence-electron chi connectivity index (χ2n) is 6.58. The van der Waals surface area contributed by atoms with E-state index in [1.54, 1.807) is 42.1 Å². The van der Waals surface area contributed by atoms with Crippen LogP contribution < -0.4 is 19.5 Å². The van der Waals surface area contributed by atoms with Gasteiger partial charge < -0.3 is 14.8 Å². The number of benzene rings is 2. The quantitative estimate of drug-likeness (QED) is 0.691. The molecule has 7 nitrogen and oxygen atoms in total. The van der Waals surface area contributed by atoms with Crippen molar-refractivity contribution in [1.29, 1.82) is 0 Å². The summed E-state index contributed by atoms with van der Waals surface area (Å²) in [5, 5.41) is 2.92. The maximum Gasteiger partial charge on any atom is 0.240 e. The molecular weight excluding hydrogens is 412 g/mol. The highest BCUT2D eigenvalue weighted by Crippen LogP contribution is 2.36. The molecule has 0 unspecified atom stereocenters. The zero-order chi connectivity index (χ0) is 21.0. The predicted octanol–water partition coefficient (Wildman–Crippen LogP) is 3.40. The van der Waals surface area contributed by atoms with E-state index in [-0.39, 0.29) is 22.6 Å². The first-order valence-corrected chi connectivity index (χ1v) is 11.6. The van der Waals surface area contributed by atoms with E-state index in [1.807, 2.05) is 13.8 Å². The summed E-state index contributed by atoms with van der Waals surface area (Å²) in [6, 6.07) is 10.1. The number of fused-ring (bicyclic) bond motifs is 1. The SMILES string of the molecule is CCOc1ccc(CNS(=O)(=O)c2ccc3c(c2)NC(=O)C[C@H](C)S3)cc1OC. The van der Waals surface area contributed by atoms with Crippen molar-refractivity contribution in [3.05, 3.63) is 42.0 Å². The van der Waals surface area contributed by atoms with Crippen LogP contribution in [0.25, 0.3) is 0 Å². The first kappa shape index (κ1) is 21.5. The van der Waals surface area contributed by atoms with Crippen LogP contribution in [0.15, 0.2) is 46.2 Å². The molecule has 0 saturated carbocycles. The number of carbonyl (C=O) groups excluding carboxylic acids is 1. The van der Waals surface area contributed by atoms with Crippen molar-refractivity contribution < 1.29 is 22.7 Å². The lowest BCUT2D eigenvalue weighted by atomic mass is 10.2. The van der Waals surface area contributed by atoms with Gasteiger partial charge in [-0.2, -0.15) is 0 Å². The monoisotopic (exact) mass is 436 g/mol. The Balaban J connectivity index is 1.77. The Labute approximate surface area is 175 Å². The Morgan fingerprint density at radius 2 is 2.00 bits per heavy atom. The van der Waals surface area contributed by atoms with Gasteiger partial charge in [-0.25, -0.2) is 13.1 Å². The number of hydrogen-bond acceptors (Lipinski definition) is 6. The van der Waals surface area contributed by atoms with Crippen molar-refractivity contribution in [2.45, 2.75) is 41.9 Å². The first-order chi connectivity index (χ1) is 13.8. The number of nitrogens with one attached hydrogen (secondary N) is 2. The highest BCUT2D eigenvalue weighted by atomic mass is 32.2. The minimum absolute atomic E-state index is 0.0975. The van der Waals surface area contributed by atoms with E-state index < -0.39 is 10.0 Å². The fraction of sp³-hybridized carbons (Fsp3) is 0.350. The summed E-state index contributed by atoms with van der Waals surface area (Å²) in [5.74, 6) is 1.03. The number of rotatable bonds is 7. The molecule has 3 rings (SSSR count). The largest absolute Gasteiger partial charge is 0.493 e. The topological polar surface area (TPSA) is 93.7 Å². The summed E-state index contributed by atoms with van der Waals surface area (Å²) in [4.78, 5) is 12.9. The lowest BCUT2D eigenvalue weighted by Crippen LogP contribution is -2.23. The van der Waals surface area contributed by atoms with E-state index in [1.165, 1.54) is 13.2 Å². The van der Waals surface area contributed by atoms with Crippen molar-refractivity contribution in [1.82, 2.24) is 4.72 Å². The van der Waals surface area contributed by atoms with E-state index in [0.717, 1.165) is 10.5 Å². The molecule has 2 aromatic carbocycles. The number of hydrogen-bond donors (Lipinski definition) is 2. The highest BCUT2D eigenvalue weighted by molar-refractivity contribution is 8.00. The van der Waals surface area contributed by atoms with E-state index in [4.69, 9.17) is 9.47 Å². The van der Waals surface area contributed by atoms with E-state index in [9.17, 15) is 13.2 Å². The smallest absolute Gasteiger partial charge is 0.240 e. The molecule has 0 radical (unpaired) electrons. The molecule has 1 aliphatic heterocycles. The molecule has 29 heavy (non-hydrogen) atoms. The van der Waals surface area contributed by atoms with Gasteiger partial charge in [-0.1, -0.05) is 13.0 Å². The first-order valence-electron chi connectivity index (χ1n) is 9.22. The summed E-state index contributed by atoms with van der Waals surface area (Å²) in [6.07, 6.45) is 0.388. The van der Waals surface area contributed by atoms with Crippen molar-refractivity contribution in [3.63, 3.8) is 0 Å². The molecule has 9 heteroatoms. The van der Waals surface area contributed by atoms with E-state index in [0.29, 0.717) is 30.2 Å². The van der Waals surface area contributed by atoms with E-state index >= 15 is 0 Å². The lowest BCUT2D eigenvalue weighted by molar-refractivity contribution is -0.116. The molecule has 156 valence electrons. The Hall–Kier alpha value is -2.23. The molecule has 1 atom stereocenters. The zero-order valence-electron chi connectivity index (χ0n) is 16.5. The number of carbonyl (C=O) groups is 1. The van der Waals surface area contributed by atoms with Crippen LogP contribution in [0.4, 0.5) is 5.69 Å². The Morgan fingerprint density at radius 1 is 1.21 bits per heavy atom. The molecule has 0 fully saturated rings. The van der Waals surface area contributed by atoms with Crippen molar-refractivity contribution in [3.8, 4) is 11.5 Å². The third kappa shape index (κ3) is 5.23. The molecule has 1 heterocycles. The number of amides is 1. The lowest BCUT2D eigenvalue weighted by Gasteiger charge is -2.13. The standard InChI is InChI=1S/C20H24N2O5S2/c1-4-27-17-7-5-14(10-18(17)26-3)12-21-29(24,25)15-6-8-19-16(11-15)22-20(23)9-13(2)28-19/h5-8,10-11,13,21H,4,9,12H2,1-3H3,(H,22,23)/t13-/m0/s1. The molecular formula is C20H24N2O5S2. The van der Waals surface area contributed by atoms with Gasteiger partial charge in [0.2, 0.25) is 15.9 Å². The van der Waals surface area contributed by atoms with Gasteiger partial charge in [0.05, 0.1) is 24.3 Å². The van der Waals surface area contributed by atoms with Crippen LogP contribution in [0.5, 0.6) is 11.5 Å². The van der Waals surface area contributed by atoms with Crippen molar-refractivity contribution >= 4 is 33.4 Å². The highest BCUT2D eigenvalue weighted by Gasteiger charge is 2.22. The van der Waals surface area contributed by atoms with Crippen LogP contribution in [-0.4, -0.2) is 33.3 Å². The summed E-state index contributed by atoms with van der Waals surface area (Å²) in [6.45, 7) is 4.45. The summed E-state index contributed by atoms with van der Waals surface area (Å²) in [7, 11) is -2.22. The van der Waals surface area contributed by atoms with Gasteiger partial charge >= 0.3 is 0 Å². The molecule has 0 aromatic heterocycles. The Kier molecular flexibility index (Phi) is 6.71. The van der Waals surface area contributed by atoms with Crippen LogP contribution in [0.1, 0.15) is 25.8 Å². The van der Waals surface area contributed by atoms with Gasteiger partial charge in [0, 0.05) is 23.1 Å². The molecule has 1 aliphatic rings. The van der Waals surface area contributed by atoms with Crippen LogP contribution in [0.3, 0.4) is 0 Å². The maximum atomic E-state index is 12.8. The van der Waals surface area contributed by atoms with Gasteiger partial charge in [-0.15, -0.1) is 11.8 Å². The molecule has 0 spiro atoms. The zero-order valence-corrected chi connectivity index (χ0v) is 18.2. The number of ether oxygens (including phenoxy) is 2. The van der Waals surface area contributed by atoms with Gasteiger partial charge in [0.1, 0.15) is 0 Å². The number of thioether (sulfide) groups is 1. The number of sulfonamides is 1. The molecule has 0 bridgehead atoms. The fourth-order valence-electron chi connectivity index (χ4n) is 2.96. The third-order valence-corrected chi connectivity index (χ3v) is 6.91. The number of anilines is 1. The van der Waals surface area contributed by atoms with Crippen molar-refractivity contribution in [2.75, 3.05) is 19.0 Å². The van der Waals surface area contributed by atoms with Crippen molar-refractivity contribution in [2.24, 2.45) is 0 Å². The van der Waals surface area contributed by atoms with Crippen LogP contribution in [0.2, 0.25) is 0 Å². The summed E-state index contributed by atoms with van der Waals surface area (Å²) in [5.41, 5.74) is 1.26. The van der Waals surface area contributed by atoms with Gasteiger partial charge in [0.15, 0.2) is 11.5 Å². The third-order valence-electron chi connectivity index (χ3n) is 4.33. The van der Waals surface area contributed by atoms with Crippen LogP contribution in [-0.2, 0) is 21.4 Å². The van der Waals surface area contributed by atoms with E-state index in [2.05, 4.69) is 10.0 Å². The second-order valence-corrected chi connectivity index (χ2v) is 9.83. The fourth-order valence-corrected chi connectivity index (χ4v) is 5.05. The number of methoxy groups -OCH3 is 1. The van der Waals surface area contributed by atoms with Crippen LogP contribution >= 0.6 is 11.8 Å². The average molecular weight is 437 g/mol. The van der Waals surface area contributed by atoms with Crippen LogP contribution in [0, 0.1) is 0 Å². The Morgan fingerprint density at radius 3 is 2.72 bits per heavy atom.